The fourth-order valence-corrected chi connectivity index (χ4v) is 2.25. The van der Waals surface area contributed by atoms with E-state index < -0.39 is 0 Å². The number of rotatable bonds is 4. The first-order chi connectivity index (χ1) is 8.65. The maximum Gasteiger partial charge on any atom is 0.128 e. The molecule has 0 bridgehead atoms. The normalized spacial score (nSPS) is 12.2. The number of para-hydroxylation sites is 1. The van der Waals surface area contributed by atoms with E-state index in [1.165, 1.54) is 5.56 Å². The SMILES string of the molecule is CC(N)Cc1ccc(Oc2ccccc2)cc1Br. The third kappa shape index (κ3) is 3.59. The lowest BCUT2D eigenvalue weighted by Crippen LogP contribution is -2.17. The molecular formula is C15H16BrNO. The standard InChI is InChI=1S/C15H16BrNO/c1-11(17)9-12-7-8-14(10-15(12)16)18-13-5-3-2-4-6-13/h2-8,10-11H,9,17H2,1H3. The van der Waals surface area contributed by atoms with Gasteiger partial charge in [0.1, 0.15) is 11.5 Å². The maximum absolute atomic E-state index is 5.80. The second kappa shape index (κ2) is 6.03. The minimum atomic E-state index is 0.155. The molecule has 0 saturated heterocycles. The quantitative estimate of drug-likeness (QED) is 0.921. The van der Waals surface area contributed by atoms with Crippen LogP contribution in [0.15, 0.2) is 53.0 Å². The Morgan fingerprint density at radius 3 is 2.44 bits per heavy atom. The number of nitrogens with two attached hydrogens (primary N) is 1. The highest BCUT2D eigenvalue weighted by Crippen LogP contribution is 2.27. The average molecular weight is 306 g/mol. The number of halogens is 1. The Morgan fingerprint density at radius 1 is 1.11 bits per heavy atom. The summed E-state index contributed by atoms with van der Waals surface area (Å²) in [6.45, 7) is 2.00. The topological polar surface area (TPSA) is 35.2 Å². The molecule has 0 fully saturated rings. The summed E-state index contributed by atoms with van der Waals surface area (Å²) in [5.41, 5.74) is 7.00. The third-order valence-electron chi connectivity index (χ3n) is 2.55. The van der Waals surface area contributed by atoms with Gasteiger partial charge < -0.3 is 10.5 Å². The molecule has 2 N–H and O–H groups in total. The summed E-state index contributed by atoms with van der Waals surface area (Å²) in [6.07, 6.45) is 0.853. The number of benzene rings is 2. The van der Waals surface area contributed by atoms with Gasteiger partial charge in [0.15, 0.2) is 0 Å². The molecule has 2 aromatic carbocycles. The first kappa shape index (κ1) is 13.1. The van der Waals surface area contributed by atoms with Gasteiger partial charge >= 0.3 is 0 Å². The molecule has 2 rings (SSSR count). The van der Waals surface area contributed by atoms with E-state index in [0.29, 0.717) is 0 Å². The zero-order valence-electron chi connectivity index (χ0n) is 10.3. The molecule has 0 aliphatic carbocycles. The lowest BCUT2D eigenvalue weighted by Gasteiger charge is -2.10. The van der Waals surface area contributed by atoms with Crippen LogP contribution in [-0.4, -0.2) is 6.04 Å². The minimum Gasteiger partial charge on any atom is -0.457 e. The van der Waals surface area contributed by atoms with Crippen molar-refractivity contribution in [1.82, 2.24) is 0 Å². The zero-order valence-corrected chi connectivity index (χ0v) is 11.9. The van der Waals surface area contributed by atoms with Gasteiger partial charge in [0.2, 0.25) is 0 Å². The van der Waals surface area contributed by atoms with Gasteiger partial charge in [0, 0.05) is 10.5 Å². The molecule has 0 aromatic heterocycles. The maximum atomic E-state index is 5.80. The van der Waals surface area contributed by atoms with Crippen LogP contribution < -0.4 is 10.5 Å². The Balaban J connectivity index is 2.14. The van der Waals surface area contributed by atoms with Crippen molar-refractivity contribution in [1.29, 1.82) is 0 Å². The summed E-state index contributed by atoms with van der Waals surface area (Å²) in [6, 6.07) is 15.9. The molecule has 0 spiro atoms. The van der Waals surface area contributed by atoms with E-state index in [0.717, 1.165) is 22.4 Å². The van der Waals surface area contributed by atoms with Crippen LogP contribution in [0.25, 0.3) is 0 Å². The highest BCUT2D eigenvalue weighted by atomic mass is 79.9. The second-order valence-electron chi connectivity index (χ2n) is 4.35. The van der Waals surface area contributed by atoms with Crippen molar-refractivity contribution in [3.63, 3.8) is 0 Å². The fraction of sp³-hybridized carbons (Fsp3) is 0.200. The molecule has 3 heteroatoms. The second-order valence-corrected chi connectivity index (χ2v) is 5.20. The number of ether oxygens (including phenoxy) is 1. The van der Waals surface area contributed by atoms with Crippen molar-refractivity contribution < 1.29 is 4.74 Å². The van der Waals surface area contributed by atoms with Gasteiger partial charge in [-0.3, -0.25) is 0 Å². The molecule has 0 heterocycles. The van der Waals surface area contributed by atoms with Crippen LogP contribution in [-0.2, 0) is 6.42 Å². The Hall–Kier alpha value is -1.32. The molecule has 0 aliphatic heterocycles. The monoisotopic (exact) mass is 305 g/mol. The van der Waals surface area contributed by atoms with E-state index in [1.807, 2.05) is 55.5 Å². The van der Waals surface area contributed by atoms with Gasteiger partial charge in [-0.15, -0.1) is 0 Å². The summed E-state index contributed by atoms with van der Waals surface area (Å²) < 4.78 is 6.79. The van der Waals surface area contributed by atoms with Crippen molar-refractivity contribution >= 4 is 15.9 Å². The van der Waals surface area contributed by atoms with Gasteiger partial charge in [-0.1, -0.05) is 40.2 Å². The fourth-order valence-electron chi connectivity index (χ4n) is 1.73. The van der Waals surface area contributed by atoms with Gasteiger partial charge in [-0.2, -0.15) is 0 Å². The van der Waals surface area contributed by atoms with Gasteiger partial charge in [-0.05, 0) is 43.2 Å². The van der Waals surface area contributed by atoms with E-state index in [2.05, 4.69) is 15.9 Å². The van der Waals surface area contributed by atoms with Crippen LogP contribution in [0.1, 0.15) is 12.5 Å². The van der Waals surface area contributed by atoms with Crippen LogP contribution >= 0.6 is 15.9 Å². The zero-order chi connectivity index (χ0) is 13.0. The van der Waals surface area contributed by atoms with E-state index in [4.69, 9.17) is 10.5 Å². The van der Waals surface area contributed by atoms with Gasteiger partial charge in [0.25, 0.3) is 0 Å². The highest BCUT2D eigenvalue weighted by Gasteiger charge is 2.05. The van der Waals surface area contributed by atoms with Crippen LogP contribution in [0.2, 0.25) is 0 Å². The molecule has 0 radical (unpaired) electrons. The largest absolute Gasteiger partial charge is 0.457 e. The highest BCUT2D eigenvalue weighted by molar-refractivity contribution is 9.10. The summed E-state index contributed by atoms with van der Waals surface area (Å²) >= 11 is 3.55. The molecule has 2 aromatic rings. The minimum absolute atomic E-state index is 0.155. The van der Waals surface area contributed by atoms with Crippen molar-refractivity contribution in [3.05, 3.63) is 58.6 Å². The van der Waals surface area contributed by atoms with Crippen molar-refractivity contribution in [2.75, 3.05) is 0 Å². The van der Waals surface area contributed by atoms with Crippen LogP contribution in [0.5, 0.6) is 11.5 Å². The van der Waals surface area contributed by atoms with E-state index in [1.54, 1.807) is 0 Å². The van der Waals surface area contributed by atoms with Crippen molar-refractivity contribution in [2.45, 2.75) is 19.4 Å². The smallest absolute Gasteiger partial charge is 0.128 e. The molecule has 1 unspecified atom stereocenters. The van der Waals surface area contributed by atoms with Crippen LogP contribution in [0.4, 0.5) is 0 Å². The average Bonchev–Trinajstić information content (AvgIpc) is 2.33. The van der Waals surface area contributed by atoms with Gasteiger partial charge in [0.05, 0.1) is 0 Å². The molecule has 0 saturated carbocycles. The van der Waals surface area contributed by atoms with Gasteiger partial charge in [-0.25, -0.2) is 0 Å². The van der Waals surface area contributed by atoms with E-state index >= 15 is 0 Å². The molecule has 94 valence electrons. The Bertz CT molecular complexity index is 511. The van der Waals surface area contributed by atoms with Crippen molar-refractivity contribution in [3.8, 4) is 11.5 Å². The predicted octanol–water partition coefficient (Wildman–Crippen LogP) is 4.13. The lowest BCUT2D eigenvalue weighted by atomic mass is 10.1. The number of hydrogen-bond donors (Lipinski definition) is 1. The summed E-state index contributed by atoms with van der Waals surface area (Å²) in [7, 11) is 0. The summed E-state index contributed by atoms with van der Waals surface area (Å²) in [5.74, 6) is 1.66. The molecular weight excluding hydrogens is 290 g/mol. The summed E-state index contributed by atoms with van der Waals surface area (Å²) in [4.78, 5) is 0. The molecule has 1 atom stereocenters. The van der Waals surface area contributed by atoms with Crippen LogP contribution in [0.3, 0.4) is 0 Å². The Morgan fingerprint density at radius 2 is 1.83 bits per heavy atom. The predicted molar refractivity (Wildman–Crippen MR) is 78.0 cm³/mol. The van der Waals surface area contributed by atoms with E-state index in [9.17, 15) is 0 Å². The third-order valence-corrected chi connectivity index (χ3v) is 3.28. The molecule has 0 amide bonds. The molecule has 18 heavy (non-hydrogen) atoms. The first-order valence-electron chi connectivity index (χ1n) is 5.92. The molecule has 2 nitrogen and oxygen atoms in total. The number of hydrogen-bond acceptors (Lipinski definition) is 2. The Kier molecular flexibility index (Phi) is 4.39. The molecule has 0 aliphatic rings. The van der Waals surface area contributed by atoms with E-state index in [-0.39, 0.29) is 6.04 Å². The Labute approximate surface area is 116 Å². The summed E-state index contributed by atoms with van der Waals surface area (Å²) in [5, 5.41) is 0. The first-order valence-corrected chi connectivity index (χ1v) is 6.71. The van der Waals surface area contributed by atoms with Crippen molar-refractivity contribution in [2.24, 2.45) is 5.73 Å². The lowest BCUT2D eigenvalue weighted by molar-refractivity contribution is 0.482. The van der Waals surface area contributed by atoms with Crippen LogP contribution in [0, 0.1) is 0 Å².